The summed E-state index contributed by atoms with van der Waals surface area (Å²) in [6, 6.07) is -1.75. The molecular weight excluding hydrogens is 247 g/mol. The molecule has 1 atom stereocenters. The molecule has 1 amide bonds. The fraction of sp³-hybridized carbons (Fsp3) is 0.625. The van der Waals surface area contributed by atoms with Crippen LogP contribution in [0.1, 0.15) is 19.3 Å². The van der Waals surface area contributed by atoms with Crippen LogP contribution in [0.25, 0.3) is 0 Å². The number of carboxylic acids is 2. The van der Waals surface area contributed by atoms with Crippen molar-refractivity contribution in [1.82, 2.24) is 5.32 Å². The third-order valence-corrected chi connectivity index (χ3v) is 1.74. The molecule has 0 saturated heterocycles. The first kappa shape index (κ1) is 15.2. The van der Waals surface area contributed by atoms with Crippen molar-refractivity contribution in [2.45, 2.75) is 31.5 Å². The van der Waals surface area contributed by atoms with Crippen LogP contribution >= 0.6 is 0 Å². The van der Waals surface area contributed by atoms with Crippen molar-refractivity contribution in [3.8, 4) is 0 Å². The Kier molecular flexibility index (Phi) is 5.42. The lowest BCUT2D eigenvalue weighted by molar-refractivity contribution is -0.175. The SMILES string of the molecule is O=C(O)CCC[C@@H](NC(=O)C(F)(F)F)C(=O)O. The number of alkyl halides is 3. The van der Waals surface area contributed by atoms with Crippen LogP contribution in [-0.4, -0.2) is 40.3 Å². The first-order valence-electron chi connectivity index (χ1n) is 4.47. The van der Waals surface area contributed by atoms with Crippen LogP contribution in [0.3, 0.4) is 0 Å². The Hall–Kier alpha value is -1.80. The number of carbonyl (C=O) groups excluding carboxylic acids is 1. The second-order valence-corrected chi connectivity index (χ2v) is 3.15. The first-order chi connectivity index (χ1) is 7.64. The van der Waals surface area contributed by atoms with E-state index in [1.165, 1.54) is 5.32 Å². The number of nitrogens with one attached hydrogen (secondary N) is 1. The minimum Gasteiger partial charge on any atom is -0.481 e. The molecule has 0 aromatic rings. The van der Waals surface area contributed by atoms with Crippen LogP contribution in [0.2, 0.25) is 0 Å². The molecule has 0 rings (SSSR count). The van der Waals surface area contributed by atoms with Gasteiger partial charge in [0, 0.05) is 6.42 Å². The summed E-state index contributed by atoms with van der Waals surface area (Å²) in [6.45, 7) is 0. The monoisotopic (exact) mass is 257 g/mol. The predicted molar refractivity (Wildman–Crippen MR) is 47.1 cm³/mol. The maximum Gasteiger partial charge on any atom is 0.471 e. The van der Waals surface area contributed by atoms with Gasteiger partial charge in [-0.25, -0.2) is 4.79 Å². The number of hydrogen-bond donors (Lipinski definition) is 3. The average molecular weight is 257 g/mol. The third kappa shape index (κ3) is 6.38. The van der Waals surface area contributed by atoms with Gasteiger partial charge in [0.05, 0.1) is 0 Å². The van der Waals surface area contributed by atoms with E-state index in [1.54, 1.807) is 0 Å². The van der Waals surface area contributed by atoms with Gasteiger partial charge in [-0.2, -0.15) is 13.2 Å². The molecule has 0 aliphatic heterocycles. The van der Waals surface area contributed by atoms with Crippen molar-refractivity contribution in [2.75, 3.05) is 0 Å². The molecule has 6 nitrogen and oxygen atoms in total. The Bertz CT molecular complexity index is 315. The van der Waals surface area contributed by atoms with Crippen molar-refractivity contribution in [3.05, 3.63) is 0 Å². The Labute approximate surface area is 93.4 Å². The Morgan fingerprint density at radius 3 is 2.06 bits per heavy atom. The highest BCUT2D eigenvalue weighted by Gasteiger charge is 2.40. The van der Waals surface area contributed by atoms with Crippen LogP contribution in [0, 0.1) is 0 Å². The normalized spacial score (nSPS) is 12.9. The predicted octanol–water partition coefficient (Wildman–Crippen LogP) is 0.373. The minimum atomic E-state index is -5.17. The van der Waals surface area contributed by atoms with Crippen molar-refractivity contribution >= 4 is 17.8 Å². The van der Waals surface area contributed by atoms with Gasteiger partial charge in [0.15, 0.2) is 0 Å². The zero-order valence-electron chi connectivity index (χ0n) is 8.45. The number of aliphatic carboxylic acids is 2. The lowest BCUT2D eigenvalue weighted by Crippen LogP contribution is -2.46. The molecule has 0 aliphatic rings. The third-order valence-electron chi connectivity index (χ3n) is 1.74. The second kappa shape index (κ2) is 6.06. The van der Waals surface area contributed by atoms with Gasteiger partial charge in [0.1, 0.15) is 6.04 Å². The van der Waals surface area contributed by atoms with E-state index < -0.39 is 30.1 Å². The Morgan fingerprint density at radius 2 is 1.71 bits per heavy atom. The van der Waals surface area contributed by atoms with E-state index >= 15 is 0 Å². The lowest BCUT2D eigenvalue weighted by Gasteiger charge is -2.15. The van der Waals surface area contributed by atoms with Crippen LogP contribution < -0.4 is 5.32 Å². The van der Waals surface area contributed by atoms with E-state index in [-0.39, 0.29) is 19.3 Å². The molecule has 0 bridgehead atoms. The fourth-order valence-corrected chi connectivity index (χ4v) is 0.955. The largest absolute Gasteiger partial charge is 0.481 e. The molecule has 3 N–H and O–H groups in total. The quantitative estimate of drug-likeness (QED) is 0.637. The molecule has 0 unspecified atom stereocenters. The molecule has 0 radical (unpaired) electrons. The lowest BCUT2D eigenvalue weighted by atomic mass is 10.1. The van der Waals surface area contributed by atoms with Crippen LogP contribution in [0.15, 0.2) is 0 Å². The maximum atomic E-state index is 11.8. The number of amides is 1. The molecule has 0 fully saturated rings. The number of halogens is 3. The number of carboxylic acid groups (broad SMARTS) is 2. The zero-order chi connectivity index (χ0) is 13.6. The van der Waals surface area contributed by atoms with E-state index in [2.05, 4.69) is 0 Å². The highest BCUT2D eigenvalue weighted by molar-refractivity contribution is 5.86. The Morgan fingerprint density at radius 1 is 1.18 bits per heavy atom. The summed E-state index contributed by atoms with van der Waals surface area (Å²) >= 11 is 0. The standard InChI is InChI=1S/C8H10F3NO5/c9-8(10,11)7(17)12-4(6(15)16)2-1-3-5(13)14/h4H,1-3H2,(H,12,17)(H,13,14)(H,15,16)/t4-/m1/s1. The van der Waals surface area contributed by atoms with Gasteiger partial charge < -0.3 is 15.5 Å². The van der Waals surface area contributed by atoms with Crippen molar-refractivity contribution in [1.29, 1.82) is 0 Å². The molecule has 98 valence electrons. The summed E-state index contributed by atoms with van der Waals surface area (Å²) in [7, 11) is 0. The minimum absolute atomic E-state index is 0.148. The van der Waals surface area contributed by atoms with Crippen molar-refractivity contribution in [2.24, 2.45) is 0 Å². The van der Waals surface area contributed by atoms with E-state index in [9.17, 15) is 27.6 Å². The molecule has 0 heterocycles. The van der Waals surface area contributed by atoms with E-state index in [0.717, 1.165) is 0 Å². The van der Waals surface area contributed by atoms with Gasteiger partial charge in [-0.15, -0.1) is 0 Å². The maximum absolute atomic E-state index is 11.8. The summed E-state index contributed by atoms with van der Waals surface area (Å²) in [4.78, 5) is 31.1. The molecule has 0 aromatic carbocycles. The summed E-state index contributed by atoms with van der Waals surface area (Å²) in [6.07, 6.45) is -6.08. The van der Waals surface area contributed by atoms with Gasteiger partial charge in [0.2, 0.25) is 0 Å². The molecular formula is C8H10F3NO5. The van der Waals surface area contributed by atoms with Crippen molar-refractivity contribution in [3.63, 3.8) is 0 Å². The number of carbonyl (C=O) groups is 3. The molecule has 17 heavy (non-hydrogen) atoms. The van der Waals surface area contributed by atoms with Crippen molar-refractivity contribution < 1.29 is 37.8 Å². The molecule has 9 heteroatoms. The van der Waals surface area contributed by atoms with E-state index in [1.807, 2.05) is 0 Å². The van der Waals surface area contributed by atoms with Crippen LogP contribution in [0.4, 0.5) is 13.2 Å². The topological polar surface area (TPSA) is 104 Å². The number of hydrogen-bond acceptors (Lipinski definition) is 3. The van der Waals surface area contributed by atoms with Gasteiger partial charge in [-0.1, -0.05) is 0 Å². The highest BCUT2D eigenvalue weighted by atomic mass is 19.4. The number of rotatable bonds is 6. The average Bonchev–Trinajstić information content (AvgIpc) is 2.13. The van der Waals surface area contributed by atoms with Gasteiger partial charge in [-0.05, 0) is 12.8 Å². The second-order valence-electron chi connectivity index (χ2n) is 3.15. The molecule has 0 saturated carbocycles. The molecule has 0 spiro atoms. The Balaban J connectivity index is 4.31. The smallest absolute Gasteiger partial charge is 0.471 e. The summed E-state index contributed by atoms with van der Waals surface area (Å²) in [5, 5.41) is 18.1. The van der Waals surface area contributed by atoms with Crippen LogP contribution in [-0.2, 0) is 14.4 Å². The zero-order valence-corrected chi connectivity index (χ0v) is 8.45. The summed E-state index contributed by atoms with van der Waals surface area (Å²) in [5.41, 5.74) is 0. The van der Waals surface area contributed by atoms with Gasteiger partial charge >= 0.3 is 24.0 Å². The van der Waals surface area contributed by atoms with E-state index in [0.29, 0.717) is 0 Å². The highest BCUT2D eigenvalue weighted by Crippen LogP contribution is 2.15. The fourth-order valence-electron chi connectivity index (χ4n) is 0.955. The molecule has 0 aliphatic carbocycles. The summed E-state index contributed by atoms with van der Waals surface area (Å²) < 4.78 is 35.5. The first-order valence-corrected chi connectivity index (χ1v) is 4.47. The molecule has 0 aromatic heterocycles. The van der Waals surface area contributed by atoms with Gasteiger partial charge in [-0.3, -0.25) is 9.59 Å². The van der Waals surface area contributed by atoms with Gasteiger partial charge in [0.25, 0.3) is 0 Å². The summed E-state index contributed by atoms with van der Waals surface area (Å²) in [5.74, 6) is -5.20. The van der Waals surface area contributed by atoms with E-state index in [4.69, 9.17) is 10.2 Å². The van der Waals surface area contributed by atoms with Crippen LogP contribution in [0.5, 0.6) is 0 Å².